The molecule has 0 aliphatic rings. The molecular formula is C11H17N5S. The molecule has 0 atom stereocenters. The van der Waals surface area contributed by atoms with Crippen molar-refractivity contribution in [3.8, 4) is 0 Å². The second kappa shape index (κ2) is 5.77. The first-order valence-corrected chi connectivity index (χ1v) is 6.33. The molecule has 0 unspecified atom stereocenters. The summed E-state index contributed by atoms with van der Waals surface area (Å²) in [6.07, 6.45) is 6.83. The highest BCUT2D eigenvalue weighted by atomic mass is 32.1. The number of rotatable bonds is 6. The van der Waals surface area contributed by atoms with Crippen molar-refractivity contribution in [3.05, 3.63) is 29.1 Å². The van der Waals surface area contributed by atoms with Gasteiger partial charge in [-0.15, -0.1) is 0 Å². The van der Waals surface area contributed by atoms with Crippen molar-refractivity contribution in [1.29, 1.82) is 0 Å². The maximum Gasteiger partial charge on any atom is 0.195 e. The van der Waals surface area contributed by atoms with Crippen LogP contribution < -0.4 is 0 Å². The molecule has 92 valence electrons. The fourth-order valence-corrected chi connectivity index (χ4v) is 2.06. The highest BCUT2D eigenvalue weighted by molar-refractivity contribution is 7.71. The fourth-order valence-electron chi connectivity index (χ4n) is 1.82. The van der Waals surface area contributed by atoms with E-state index in [2.05, 4.69) is 26.8 Å². The van der Waals surface area contributed by atoms with E-state index in [4.69, 9.17) is 12.2 Å². The van der Waals surface area contributed by atoms with Gasteiger partial charge in [-0.05, 0) is 31.1 Å². The molecule has 5 nitrogen and oxygen atoms in total. The van der Waals surface area contributed by atoms with Crippen LogP contribution in [0.5, 0.6) is 0 Å². The van der Waals surface area contributed by atoms with Crippen LogP contribution in [0.1, 0.15) is 25.6 Å². The Labute approximate surface area is 105 Å². The number of hydrogen-bond acceptors (Lipinski definition) is 3. The van der Waals surface area contributed by atoms with Crippen LogP contribution in [0, 0.1) is 4.77 Å². The van der Waals surface area contributed by atoms with Crippen molar-refractivity contribution < 1.29 is 0 Å². The molecule has 0 aliphatic carbocycles. The average Bonchev–Trinajstić information content (AvgIpc) is 2.93. The van der Waals surface area contributed by atoms with Crippen molar-refractivity contribution in [2.45, 2.75) is 39.3 Å². The van der Waals surface area contributed by atoms with Gasteiger partial charge in [0.25, 0.3) is 0 Å². The summed E-state index contributed by atoms with van der Waals surface area (Å²) in [6, 6.07) is 1.94. The zero-order valence-corrected chi connectivity index (χ0v) is 10.8. The van der Waals surface area contributed by atoms with Crippen molar-refractivity contribution >= 4 is 12.2 Å². The predicted octanol–water partition coefficient (Wildman–Crippen LogP) is 2.18. The maximum absolute atomic E-state index is 5.22. The summed E-state index contributed by atoms with van der Waals surface area (Å²) >= 11 is 5.22. The van der Waals surface area contributed by atoms with E-state index in [1.807, 2.05) is 16.9 Å². The summed E-state index contributed by atoms with van der Waals surface area (Å²) in [5.41, 5.74) is 0. The number of aryl methyl sites for hydroxylation is 2. The molecule has 0 saturated carbocycles. The minimum absolute atomic E-state index is 0.717. The SMILES string of the molecule is CCCc1n[nH]c(=S)n1CCCn1cccn1. The molecule has 0 aromatic carbocycles. The van der Waals surface area contributed by atoms with Gasteiger partial charge in [0.1, 0.15) is 5.82 Å². The van der Waals surface area contributed by atoms with Crippen LogP contribution in [0.2, 0.25) is 0 Å². The highest BCUT2D eigenvalue weighted by Gasteiger charge is 2.04. The highest BCUT2D eigenvalue weighted by Crippen LogP contribution is 2.03. The van der Waals surface area contributed by atoms with E-state index in [-0.39, 0.29) is 0 Å². The Morgan fingerprint density at radius 3 is 3.00 bits per heavy atom. The van der Waals surface area contributed by atoms with Gasteiger partial charge < -0.3 is 4.57 Å². The quantitative estimate of drug-likeness (QED) is 0.801. The average molecular weight is 251 g/mol. The number of hydrogen-bond donors (Lipinski definition) is 1. The molecule has 2 rings (SSSR count). The van der Waals surface area contributed by atoms with E-state index in [0.29, 0.717) is 4.77 Å². The summed E-state index contributed by atoms with van der Waals surface area (Å²) in [4.78, 5) is 0. The minimum Gasteiger partial charge on any atom is -0.304 e. The van der Waals surface area contributed by atoms with Crippen molar-refractivity contribution in [1.82, 2.24) is 24.5 Å². The number of nitrogens with one attached hydrogen (secondary N) is 1. The van der Waals surface area contributed by atoms with Gasteiger partial charge in [0.2, 0.25) is 0 Å². The van der Waals surface area contributed by atoms with E-state index >= 15 is 0 Å². The minimum atomic E-state index is 0.717. The van der Waals surface area contributed by atoms with Crippen LogP contribution in [0.15, 0.2) is 18.5 Å². The summed E-state index contributed by atoms with van der Waals surface area (Å²) in [6.45, 7) is 3.95. The lowest BCUT2D eigenvalue weighted by Crippen LogP contribution is -2.07. The van der Waals surface area contributed by atoms with Gasteiger partial charge in [0.05, 0.1) is 0 Å². The van der Waals surface area contributed by atoms with Gasteiger partial charge in [-0.25, -0.2) is 0 Å². The second-order valence-electron chi connectivity index (χ2n) is 3.97. The monoisotopic (exact) mass is 251 g/mol. The molecule has 17 heavy (non-hydrogen) atoms. The molecule has 2 heterocycles. The Balaban J connectivity index is 1.94. The predicted molar refractivity (Wildman–Crippen MR) is 68.3 cm³/mol. The molecule has 1 N–H and O–H groups in total. The molecule has 0 bridgehead atoms. The smallest absolute Gasteiger partial charge is 0.195 e. The second-order valence-corrected chi connectivity index (χ2v) is 4.36. The largest absolute Gasteiger partial charge is 0.304 e. The number of nitrogens with zero attached hydrogens (tertiary/aromatic N) is 4. The van der Waals surface area contributed by atoms with Crippen molar-refractivity contribution in [2.75, 3.05) is 0 Å². The van der Waals surface area contributed by atoms with Crippen LogP contribution in [0.25, 0.3) is 0 Å². The lowest BCUT2D eigenvalue weighted by Gasteiger charge is -2.06. The maximum atomic E-state index is 5.22. The van der Waals surface area contributed by atoms with Crippen LogP contribution in [0.4, 0.5) is 0 Å². The van der Waals surface area contributed by atoms with Gasteiger partial charge in [0, 0.05) is 31.9 Å². The molecule has 0 radical (unpaired) electrons. The van der Waals surface area contributed by atoms with E-state index in [1.165, 1.54) is 0 Å². The normalized spacial score (nSPS) is 10.9. The first kappa shape index (κ1) is 12.0. The summed E-state index contributed by atoms with van der Waals surface area (Å²) in [5.74, 6) is 1.05. The number of aromatic amines is 1. The first-order chi connectivity index (χ1) is 8.31. The van der Waals surface area contributed by atoms with E-state index in [1.54, 1.807) is 6.20 Å². The molecule has 0 aliphatic heterocycles. The number of H-pyrrole nitrogens is 1. The summed E-state index contributed by atoms with van der Waals surface area (Å²) in [7, 11) is 0. The summed E-state index contributed by atoms with van der Waals surface area (Å²) < 4.78 is 4.74. The van der Waals surface area contributed by atoms with Gasteiger partial charge >= 0.3 is 0 Å². The lowest BCUT2D eigenvalue weighted by molar-refractivity contribution is 0.513. The third kappa shape index (κ3) is 3.03. The first-order valence-electron chi connectivity index (χ1n) is 5.92. The molecule has 2 aromatic rings. The van der Waals surface area contributed by atoms with Gasteiger partial charge in [-0.2, -0.15) is 10.2 Å². The molecule has 0 saturated heterocycles. The number of aromatic nitrogens is 5. The fraction of sp³-hybridized carbons (Fsp3) is 0.545. The van der Waals surface area contributed by atoms with Crippen molar-refractivity contribution in [3.63, 3.8) is 0 Å². The Hall–Kier alpha value is -1.43. The van der Waals surface area contributed by atoms with E-state index in [0.717, 1.165) is 38.2 Å². The molecule has 6 heteroatoms. The van der Waals surface area contributed by atoms with Gasteiger partial charge in [-0.1, -0.05) is 6.92 Å². The Bertz CT molecular complexity index is 496. The third-order valence-corrected chi connectivity index (χ3v) is 2.95. The Morgan fingerprint density at radius 1 is 1.41 bits per heavy atom. The van der Waals surface area contributed by atoms with Crippen molar-refractivity contribution in [2.24, 2.45) is 0 Å². The van der Waals surface area contributed by atoms with Crippen LogP contribution in [0.3, 0.4) is 0 Å². The molecule has 0 amide bonds. The lowest BCUT2D eigenvalue weighted by atomic mass is 10.3. The molecule has 0 spiro atoms. The van der Waals surface area contributed by atoms with Crippen LogP contribution in [-0.2, 0) is 19.5 Å². The third-order valence-electron chi connectivity index (χ3n) is 2.64. The standard InChI is InChI=1S/C11H17N5S/c1-2-5-10-13-14-11(17)16(10)9-4-8-15-7-3-6-12-15/h3,6-7H,2,4-5,8-9H2,1H3,(H,14,17). The summed E-state index contributed by atoms with van der Waals surface area (Å²) in [5, 5.41) is 11.3. The zero-order chi connectivity index (χ0) is 12.1. The topological polar surface area (TPSA) is 51.4 Å². The van der Waals surface area contributed by atoms with E-state index in [9.17, 15) is 0 Å². The van der Waals surface area contributed by atoms with Gasteiger partial charge in [-0.3, -0.25) is 9.78 Å². The van der Waals surface area contributed by atoms with Crippen LogP contribution >= 0.6 is 12.2 Å². The molecule has 0 fully saturated rings. The molecule has 2 aromatic heterocycles. The van der Waals surface area contributed by atoms with E-state index < -0.39 is 0 Å². The van der Waals surface area contributed by atoms with Gasteiger partial charge in [0.15, 0.2) is 4.77 Å². The Morgan fingerprint density at radius 2 is 2.29 bits per heavy atom. The Kier molecular flexibility index (Phi) is 4.08. The zero-order valence-electron chi connectivity index (χ0n) is 9.96. The molecular weight excluding hydrogens is 234 g/mol. The van der Waals surface area contributed by atoms with Crippen LogP contribution in [-0.4, -0.2) is 24.5 Å².